The molecule has 1 aliphatic heterocycles. The molecule has 0 spiro atoms. The van der Waals surface area contributed by atoms with Gasteiger partial charge in [-0.2, -0.15) is 0 Å². The van der Waals surface area contributed by atoms with Gasteiger partial charge < -0.3 is 20.5 Å². The lowest BCUT2D eigenvalue weighted by Gasteiger charge is -2.24. The molecule has 0 aromatic heterocycles. The highest BCUT2D eigenvalue weighted by Gasteiger charge is 2.36. The van der Waals surface area contributed by atoms with E-state index >= 15 is 0 Å². The number of likely N-dealkylation sites (tertiary alicyclic amines) is 1. The van der Waals surface area contributed by atoms with E-state index < -0.39 is 42.1 Å². The Kier molecular flexibility index (Phi) is 8.75. The van der Waals surface area contributed by atoms with Crippen LogP contribution in [0.3, 0.4) is 0 Å². The van der Waals surface area contributed by atoms with Crippen LogP contribution in [0.25, 0.3) is 0 Å². The lowest BCUT2D eigenvalue weighted by atomic mass is 10.1. The van der Waals surface area contributed by atoms with Crippen molar-refractivity contribution in [2.24, 2.45) is 5.73 Å². The SMILES string of the molecule is C[C@H](NC(=O)[C@@H]1CCCN1C(=O)OCc1ccccc1)C(=O)OC(=O)[C@@H](N)Cc1ccccc1. The maximum Gasteiger partial charge on any atom is 0.410 e. The number of ether oxygens (including phenoxy) is 2. The number of nitrogens with zero attached hydrogens (tertiary/aromatic N) is 1. The van der Waals surface area contributed by atoms with Crippen LogP contribution >= 0.6 is 0 Å². The summed E-state index contributed by atoms with van der Waals surface area (Å²) in [4.78, 5) is 51.1. The van der Waals surface area contributed by atoms with Gasteiger partial charge in [0.2, 0.25) is 5.91 Å². The van der Waals surface area contributed by atoms with Gasteiger partial charge >= 0.3 is 18.0 Å². The third-order valence-corrected chi connectivity index (χ3v) is 5.51. The normalized spacial score (nSPS) is 16.9. The van der Waals surface area contributed by atoms with Gasteiger partial charge in [0.25, 0.3) is 0 Å². The van der Waals surface area contributed by atoms with Crippen molar-refractivity contribution in [3.63, 3.8) is 0 Å². The largest absolute Gasteiger partial charge is 0.445 e. The van der Waals surface area contributed by atoms with Gasteiger partial charge in [0, 0.05) is 6.54 Å². The predicted molar refractivity (Wildman–Crippen MR) is 123 cm³/mol. The van der Waals surface area contributed by atoms with E-state index in [9.17, 15) is 19.2 Å². The number of hydrogen-bond donors (Lipinski definition) is 2. The number of amides is 2. The minimum atomic E-state index is -1.09. The molecule has 0 radical (unpaired) electrons. The second-order valence-electron chi connectivity index (χ2n) is 8.16. The van der Waals surface area contributed by atoms with Gasteiger partial charge in [-0.15, -0.1) is 0 Å². The zero-order valence-corrected chi connectivity index (χ0v) is 19.0. The van der Waals surface area contributed by atoms with Gasteiger partial charge in [0.1, 0.15) is 24.7 Å². The van der Waals surface area contributed by atoms with Crippen molar-refractivity contribution in [2.45, 2.75) is 50.9 Å². The lowest BCUT2D eigenvalue weighted by molar-refractivity contribution is -0.162. The Hall–Kier alpha value is -3.72. The number of hydrogen-bond acceptors (Lipinski definition) is 7. The summed E-state index contributed by atoms with van der Waals surface area (Å²) in [5.74, 6) is -2.31. The lowest BCUT2D eigenvalue weighted by Crippen LogP contribution is -2.51. The highest BCUT2D eigenvalue weighted by molar-refractivity contribution is 5.94. The zero-order chi connectivity index (χ0) is 24.5. The first kappa shape index (κ1) is 24.9. The molecule has 0 bridgehead atoms. The van der Waals surface area contributed by atoms with Crippen LogP contribution in [-0.4, -0.2) is 53.5 Å². The van der Waals surface area contributed by atoms with E-state index in [1.165, 1.54) is 11.8 Å². The number of rotatable bonds is 8. The second-order valence-corrected chi connectivity index (χ2v) is 8.16. The van der Waals surface area contributed by atoms with Crippen LogP contribution < -0.4 is 11.1 Å². The number of benzene rings is 2. The van der Waals surface area contributed by atoms with E-state index in [0.29, 0.717) is 19.4 Å². The molecule has 2 amide bonds. The molecule has 1 aliphatic rings. The molecule has 9 nitrogen and oxygen atoms in total. The number of nitrogens with one attached hydrogen (secondary N) is 1. The van der Waals surface area contributed by atoms with Crippen LogP contribution in [0.15, 0.2) is 60.7 Å². The van der Waals surface area contributed by atoms with Crippen LogP contribution in [0.5, 0.6) is 0 Å². The van der Waals surface area contributed by atoms with E-state index in [1.807, 2.05) is 60.7 Å². The summed E-state index contributed by atoms with van der Waals surface area (Å²) < 4.78 is 10.2. The van der Waals surface area contributed by atoms with Crippen molar-refractivity contribution in [2.75, 3.05) is 6.54 Å². The second kappa shape index (κ2) is 11.9. The Balaban J connectivity index is 1.47. The Morgan fingerprint density at radius 2 is 1.62 bits per heavy atom. The number of carbonyl (C=O) groups is 4. The highest BCUT2D eigenvalue weighted by Crippen LogP contribution is 2.19. The molecular weight excluding hydrogens is 438 g/mol. The first-order valence-electron chi connectivity index (χ1n) is 11.2. The average molecular weight is 468 g/mol. The fourth-order valence-corrected chi connectivity index (χ4v) is 3.64. The van der Waals surface area contributed by atoms with Crippen molar-refractivity contribution >= 4 is 23.9 Å². The Morgan fingerprint density at radius 1 is 1.00 bits per heavy atom. The van der Waals surface area contributed by atoms with Gasteiger partial charge in [-0.05, 0) is 37.3 Å². The van der Waals surface area contributed by atoms with Crippen LogP contribution in [0, 0.1) is 0 Å². The van der Waals surface area contributed by atoms with Gasteiger partial charge in [0.05, 0.1) is 0 Å². The summed E-state index contributed by atoms with van der Waals surface area (Å²) in [7, 11) is 0. The quantitative estimate of drug-likeness (QED) is 0.448. The fourth-order valence-electron chi connectivity index (χ4n) is 3.64. The molecule has 3 atom stereocenters. The van der Waals surface area contributed by atoms with E-state index in [4.69, 9.17) is 15.2 Å². The van der Waals surface area contributed by atoms with Crippen molar-refractivity contribution in [3.05, 3.63) is 71.8 Å². The predicted octanol–water partition coefficient (Wildman–Crippen LogP) is 1.93. The van der Waals surface area contributed by atoms with Crippen LogP contribution in [0.2, 0.25) is 0 Å². The third kappa shape index (κ3) is 6.89. The van der Waals surface area contributed by atoms with Crippen molar-refractivity contribution in [1.29, 1.82) is 0 Å². The van der Waals surface area contributed by atoms with Crippen LogP contribution in [0.1, 0.15) is 30.9 Å². The minimum absolute atomic E-state index is 0.0958. The zero-order valence-electron chi connectivity index (χ0n) is 19.0. The average Bonchev–Trinajstić information content (AvgIpc) is 3.34. The minimum Gasteiger partial charge on any atom is -0.445 e. The first-order chi connectivity index (χ1) is 16.3. The number of esters is 2. The van der Waals surface area contributed by atoms with E-state index in [1.54, 1.807) is 0 Å². The molecule has 34 heavy (non-hydrogen) atoms. The molecule has 3 N–H and O–H groups in total. The molecule has 1 heterocycles. The Labute approximate surface area is 198 Å². The van der Waals surface area contributed by atoms with Crippen molar-refractivity contribution in [3.8, 4) is 0 Å². The van der Waals surface area contributed by atoms with Gasteiger partial charge in [-0.25, -0.2) is 14.4 Å². The fraction of sp³-hybridized carbons (Fsp3) is 0.360. The summed E-state index contributed by atoms with van der Waals surface area (Å²) >= 11 is 0. The number of carbonyl (C=O) groups excluding carboxylic acids is 4. The molecule has 0 saturated carbocycles. The first-order valence-corrected chi connectivity index (χ1v) is 11.2. The molecular formula is C25H29N3O6. The van der Waals surface area contributed by atoms with Crippen LogP contribution in [-0.2, 0) is 36.9 Å². The summed E-state index contributed by atoms with van der Waals surface area (Å²) in [6.07, 6.45) is 0.688. The molecule has 9 heteroatoms. The van der Waals surface area contributed by atoms with E-state index in [0.717, 1.165) is 11.1 Å². The Bertz CT molecular complexity index is 998. The maximum atomic E-state index is 12.7. The maximum absolute atomic E-state index is 12.7. The topological polar surface area (TPSA) is 128 Å². The molecule has 3 rings (SSSR count). The van der Waals surface area contributed by atoms with Gasteiger partial charge in [0.15, 0.2) is 0 Å². The van der Waals surface area contributed by atoms with Gasteiger partial charge in [-0.3, -0.25) is 9.69 Å². The van der Waals surface area contributed by atoms with E-state index in [2.05, 4.69) is 5.32 Å². The molecule has 2 aromatic carbocycles. The molecule has 2 aromatic rings. The smallest absolute Gasteiger partial charge is 0.410 e. The molecule has 0 unspecified atom stereocenters. The summed E-state index contributed by atoms with van der Waals surface area (Å²) in [6.45, 7) is 1.87. The third-order valence-electron chi connectivity index (χ3n) is 5.51. The van der Waals surface area contributed by atoms with Crippen molar-refractivity contribution in [1.82, 2.24) is 10.2 Å². The summed E-state index contributed by atoms with van der Waals surface area (Å²) in [5.41, 5.74) is 7.52. The van der Waals surface area contributed by atoms with Crippen LogP contribution in [0.4, 0.5) is 4.79 Å². The molecule has 0 aliphatic carbocycles. The molecule has 1 fully saturated rings. The number of nitrogens with two attached hydrogens (primary N) is 1. The Morgan fingerprint density at radius 3 is 2.26 bits per heavy atom. The highest BCUT2D eigenvalue weighted by atomic mass is 16.6. The monoisotopic (exact) mass is 467 g/mol. The van der Waals surface area contributed by atoms with E-state index in [-0.39, 0.29) is 13.0 Å². The van der Waals surface area contributed by atoms with Gasteiger partial charge in [-0.1, -0.05) is 60.7 Å². The summed E-state index contributed by atoms with van der Waals surface area (Å²) in [5, 5.41) is 2.52. The molecule has 180 valence electrons. The summed E-state index contributed by atoms with van der Waals surface area (Å²) in [6, 6.07) is 15.5. The standard InChI is InChI=1S/C25H29N3O6/c1-17(23(30)34-24(31)20(26)15-18-9-4-2-5-10-18)27-22(29)21-13-8-14-28(21)25(32)33-16-19-11-6-3-7-12-19/h2-7,9-12,17,20-21H,8,13-16,26H2,1H3,(H,27,29)/t17-,20-,21-/m0/s1. The molecule has 1 saturated heterocycles. The van der Waals surface area contributed by atoms with Crippen molar-refractivity contribution < 1.29 is 28.7 Å².